The molecule has 0 atom stereocenters. The van der Waals surface area contributed by atoms with E-state index in [0.29, 0.717) is 28.7 Å². The SMILES string of the molecule is CCCCOc1ccc(C(=O)Nc2ccc(Cl)cc2C)cc1OC. The van der Waals surface area contributed by atoms with E-state index in [1.807, 2.05) is 13.0 Å². The molecule has 24 heavy (non-hydrogen) atoms. The summed E-state index contributed by atoms with van der Waals surface area (Å²) in [5.41, 5.74) is 2.14. The van der Waals surface area contributed by atoms with E-state index in [4.69, 9.17) is 21.1 Å². The lowest BCUT2D eigenvalue weighted by molar-refractivity contribution is 0.102. The van der Waals surface area contributed by atoms with Crippen molar-refractivity contribution >= 4 is 23.2 Å². The summed E-state index contributed by atoms with van der Waals surface area (Å²) in [6.45, 7) is 4.63. The molecule has 5 heteroatoms. The van der Waals surface area contributed by atoms with Gasteiger partial charge in [-0.15, -0.1) is 0 Å². The van der Waals surface area contributed by atoms with Crippen molar-refractivity contribution in [3.8, 4) is 11.5 Å². The highest BCUT2D eigenvalue weighted by Crippen LogP contribution is 2.29. The highest BCUT2D eigenvalue weighted by Gasteiger charge is 2.12. The lowest BCUT2D eigenvalue weighted by Gasteiger charge is -2.13. The van der Waals surface area contributed by atoms with E-state index in [-0.39, 0.29) is 5.91 Å². The van der Waals surface area contributed by atoms with Crippen LogP contribution in [0.25, 0.3) is 0 Å². The zero-order valence-electron chi connectivity index (χ0n) is 14.2. The predicted octanol–water partition coefficient (Wildman–Crippen LogP) is 5.09. The molecule has 0 unspecified atom stereocenters. The summed E-state index contributed by atoms with van der Waals surface area (Å²) in [6.07, 6.45) is 2.03. The van der Waals surface area contributed by atoms with Crippen molar-refractivity contribution in [3.63, 3.8) is 0 Å². The van der Waals surface area contributed by atoms with Crippen LogP contribution in [-0.4, -0.2) is 19.6 Å². The Kier molecular flexibility index (Phi) is 6.50. The normalized spacial score (nSPS) is 10.3. The molecule has 0 aliphatic heterocycles. The van der Waals surface area contributed by atoms with Gasteiger partial charge in [-0.1, -0.05) is 24.9 Å². The van der Waals surface area contributed by atoms with Crippen LogP contribution in [0.4, 0.5) is 5.69 Å². The van der Waals surface area contributed by atoms with Crippen LogP contribution in [-0.2, 0) is 0 Å². The number of rotatable bonds is 7. The number of aryl methyl sites for hydroxylation is 1. The summed E-state index contributed by atoms with van der Waals surface area (Å²) < 4.78 is 11.0. The standard InChI is InChI=1S/C19H22ClNO3/c1-4-5-10-24-17-9-6-14(12-18(17)23-3)19(22)21-16-8-7-15(20)11-13(16)2/h6-9,11-12H,4-5,10H2,1-3H3,(H,21,22). The van der Waals surface area contributed by atoms with Gasteiger partial charge in [0.05, 0.1) is 13.7 Å². The monoisotopic (exact) mass is 347 g/mol. The fourth-order valence-corrected chi connectivity index (χ4v) is 2.44. The van der Waals surface area contributed by atoms with Gasteiger partial charge in [0.2, 0.25) is 0 Å². The summed E-state index contributed by atoms with van der Waals surface area (Å²) in [6, 6.07) is 10.5. The molecule has 0 heterocycles. The topological polar surface area (TPSA) is 47.6 Å². The molecule has 0 radical (unpaired) electrons. The number of ether oxygens (including phenoxy) is 2. The van der Waals surface area contributed by atoms with Gasteiger partial charge in [0, 0.05) is 16.3 Å². The van der Waals surface area contributed by atoms with E-state index >= 15 is 0 Å². The molecule has 0 bridgehead atoms. The van der Waals surface area contributed by atoms with Gasteiger partial charge in [-0.05, 0) is 55.3 Å². The summed E-state index contributed by atoms with van der Waals surface area (Å²) in [4.78, 5) is 12.5. The molecule has 0 spiro atoms. The van der Waals surface area contributed by atoms with Gasteiger partial charge in [-0.25, -0.2) is 0 Å². The fourth-order valence-electron chi connectivity index (χ4n) is 2.22. The minimum Gasteiger partial charge on any atom is -0.493 e. The zero-order chi connectivity index (χ0) is 17.5. The molecule has 0 aliphatic carbocycles. The van der Waals surface area contributed by atoms with Gasteiger partial charge in [0.25, 0.3) is 5.91 Å². The summed E-state index contributed by atoms with van der Waals surface area (Å²) in [7, 11) is 1.56. The largest absolute Gasteiger partial charge is 0.493 e. The average Bonchev–Trinajstić information content (AvgIpc) is 2.57. The third-order valence-electron chi connectivity index (χ3n) is 3.62. The van der Waals surface area contributed by atoms with Gasteiger partial charge < -0.3 is 14.8 Å². The van der Waals surface area contributed by atoms with Crippen molar-refractivity contribution in [2.24, 2.45) is 0 Å². The third kappa shape index (κ3) is 4.65. The van der Waals surface area contributed by atoms with Crippen LogP contribution in [0.2, 0.25) is 5.02 Å². The number of benzene rings is 2. The first-order valence-electron chi connectivity index (χ1n) is 7.93. The molecule has 2 aromatic carbocycles. The number of halogens is 1. The van der Waals surface area contributed by atoms with Crippen molar-refractivity contribution in [1.29, 1.82) is 0 Å². The number of anilines is 1. The first kappa shape index (κ1) is 18.1. The Labute approximate surface area is 147 Å². The Morgan fingerprint density at radius 2 is 1.96 bits per heavy atom. The number of hydrogen-bond acceptors (Lipinski definition) is 3. The van der Waals surface area contributed by atoms with E-state index in [9.17, 15) is 4.79 Å². The second kappa shape index (κ2) is 8.60. The zero-order valence-corrected chi connectivity index (χ0v) is 14.9. The number of hydrogen-bond donors (Lipinski definition) is 1. The maximum Gasteiger partial charge on any atom is 0.255 e. The molecule has 0 aliphatic rings. The molecule has 0 saturated heterocycles. The van der Waals surface area contributed by atoms with Gasteiger partial charge in [-0.2, -0.15) is 0 Å². The molecule has 2 aromatic rings. The number of unbranched alkanes of at least 4 members (excludes halogenated alkanes) is 1. The Hall–Kier alpha value is -2.20. The molecule has 2 rings (SSSR count). The van der Waals surface area contributed by atoms with E-state index in [0.717, 1.165) is 24.1 Å². The molecule has 0 fully saturated rings. The quantitative estimate of drug-likeness (QED) is 0.710. The van der Waals surface area contributed by atoms with Crippen LogP contribution >= 0.6 is 11.6 Å². The number of carbonyl (C=O) groups excluding carboxylic acids is 1. The van der Waals surface area contributed by atoms with Crippen LogP contribution in [0.1, 0.15) is 35.7 Å². The number of amides is 1. The Balaban J connectivity index is 2.14. The molecule has 0 aromatic heterocycles. The van der Waals surface area contributed by atoms with Gasteiger partial charge in [-0.3, -0.25) is 4.79 Å². The van der Waals surface area contributed by atoms with Crippen LogP contribution in [0.5, 0.6) is 11.5 Å². The molecule has 0 saturated carbocycles. The van der Waals surface area contributed by atoms with Crippen molar-refractivity contribution in [3.05, 3.63) is 52.5 Å². The Morgan fingerprint density at radius 1 is 1.17 bits per heavy atom. The molecule has 1 N–H and O–H groups in total. The second-order valence-electron chi connectivity index (χ2n) is 5.48. The Morgan fingerprint density at radius 3 is 2.62 bits per heavy atom. The summed E-state index contributed by atoms with van der Waals surface area (Å²) >= 11 is 5.94. The molecular weight excluding hydrogens is 326 g/mol. The van der Waals surface area contributed by atoms with Gasteiger partial charge in [0.1, 0.15) is 0 Å². The van der Waals surface area contributed by atoms with E-state index in [1.165, 1.54) is 0 Å². The second-order valence-corrected chi connectivity index (χ2v) is 5.92. The molecular formula is C19H22ClNO3. The maximum absolute atomic E-state index is 12.5. The van der Waals surface area contributed by atoms with Crippen LogP contribution < -0.4 is 14.8 Å². The van der Waals surface area contributed by atoms with Crippen molar-refractivity contribution in [2.45, 2.75) is 26.7 Å². The predicted molar refractivity (Wildman–Crippen MR) is 97.5 cm³/mol. The fraction of sp³-hybridized carbons (Fsp3) is 0.316. The molecule has 4 nitrogen and oxygen atoms in total. The minimum atomic E-state index is -0.209. The Bertz CT molecular complexity index is 716. The van der Waals surface area contributed by atoms with Gasteiger partial charge >= 0.3 is 0 Å². The number of carbonyl (C=O) groups is 1. The smallest absolute Gasteiger partial charge is 0.255 e. The van der Waals surface area contributed by atoms with Crippen molar-refractivity contribution in [1.82, 2.24) is 0 Å². The average molecular weight is 348 g/mol. The van der Waals surface area contributed by atoms with Crippen LogP contribution in [0, 0.1) is 6.92 Å². The first-order chi connectivity index (χ1) is 11.5. The molecule has 128 valence electrons. The number of methoxy groups -OCH3 is 1. The van der Waals surface area contributed by atoms with Crippen LogP contribution in [0.15, 0.2) is 36.4 Å². The maximum atomic E-state index is 12.5. The van der Waals surface area contributed by atoms with E-state index < -0.39 is 0 Å². The van der Waals surface area contributed by atoms with Gasteiger partial charge in [0.15, 0.2) is 11.5 Å². The first-order valence-corrected chi connectivity index (χ1v) is 8.31. The van der Waals surface area contributed by atoms with Crippen molar-refractivity contribution in [2.75, 3.05) is 19.0 Å². The summed E-state index contributed by atoms with van der Waals surface area (Å²) in [5, 5.41) is 3.52. The van der Waals surface area contributed by atoms with Crippen LogP contribution in [0.3, 0.4) is 0 Å². The number of nitrogens with one attached hydrogen (secondary N) is 1. The minimum absolute atomic E-state index is 0.209. The van der Waals surface area contributed by atoms with Crippen molar-refractivity contribution < 1.29 is 14.3 Å². The summed E-state index contributed by atoms with van der Waals surface area (Å²) in [5.74, 6) is 0.982. The molecule has 1 amide bonds. The highest BCUT2D eigenvalue weighted by molar-refractivity contribution is 6.30. The lowest BCUT2D eigenvalue weighted by Crippen LogP contribution is -2.13. The van der Waals surface area contributed by atoms with E-state index in [2.05, 4.69) is 12.2 Å². The van der Waals surface area contributed by atoms with E-state index in [1.54, 1.807) is 37.4 Å². The third-order valence-corrected chi connectivity index (χ3v) is 3.85. The lowest BCUT2D eigenvalue weighted by atomic mass is 10.1. The highest BCUT2D eigenvalue weighted by atomic mass is 35.5.